The van der Waals surface area contributed by atoms with Gasteiger partial charge in [-0.25, -0.2) is 19.2 Å². The van der Waals surface area contributed by atoms with Crippen LogP contribution in [-0.2, 0) is 46.6 Å². The predicted molar refractivity (Wildman–Crippen MR) is 125 cm³/mol. The van der Waals surface area contributed by atoms with Crippen LogP contribution in [0.1, 0.15) is 44.5 Å². The van der Waals surface area contributed by atoms with E-state index in [0.717, 1.165) is 9.75 Å². The lowest BCUT2D eigenvalue weighted by molar-refractivity contribution is -0.149. The number of hydrogen-bond acceptors (Lipinski definition) is 9. The highest BCUT2D eigenvalue weighted by molar-refractivity contribution is 7.12. The SMILES string of the molecule is C=C(C)C(=O)OCc1cc(C2=C(c3cc(COC(=O)C(=C)C)sc3C)C(=O)OC2=O)c(C)s1. The van der Waals surface area contributed by atoms with E-state index in [9.17, 15) is 19.2 Å². The summed E-state index contributed by atoms with van der Waals surface area (Å²) in [5, 5.41) is 0. The third-order valence-corrected chi connectivity index (χ3v) is 6.76. The number of esters is 4. The Hall–Kier alpha value is -3.30. The number of rotatable bonds is 8. The lowest BCUT2D eigenvalue weighted by atomic mass is 9.96. The van der Waals surface area contributed by atoms with E-state index < -0.39 is 23.9 Å². The number of ether oxygens (including phenoxy) is 3. The Bertz CT molecular complexity index is 1150. The molecule has 0 atom stereocenters. The van der Waals surface area contributed by atoms with Crippen LogP contribution in [0.4, 0.5) is 0 Å². The molecule has 3 rings (SSSR count). The summed E-state index contributed by atoms with van der Waals surface area (Å²) in [4.78, 5) is 51.6. The molecular formula is C24H22O7S2. The van der Waals surface area contributed by atoms with Gasteiger partial charge in [0.1, 0.15) is 13.2 Å². The van der Waals surface area contributed by atoms with Crippen LogP contribution >= 0.6 is 22.7 Å². The molecule has 9 heteroatoms. The molecule has 1 aliphatic heterocycles. The average molecular weight is 487 g/mol. The highest BCUT2D eigenvalue weighted by atomic mass is 32.1. The summed E-state index contributed by atoms with van der Waals surface area (Å²) in [6.07, 6.45) is 0. The normalized spacial score (nSPS) is 13.2. The number of hydrogen-bond donors (Lipinski definition) is 0. The Balaban J connectivity index is 1.96. The van der Waals surface area contributed by atoms with E-state index in [2.05, 4.69) is 13.2 Å². The first-order chi connectivity index (χ1) is 15.5. The second kappa shape index (κ2) is 9.68. The second-order valence-electron chi connectivity index (χ2n) is 7.51. The summed E-state index contributed by atoms with van der Waals surface area (Å²) in [6, 6.07) is 3.44. The Kier molecular flexibility index (Phi) is 7.14. The molecule has 0 amide bonds. The van der Waals surface area contributed by atoms with Crippen molar-refractivity contribution in [2.24, 2.45) is 0 Å². The molecule has 0 unspecified atom stereocenters. The zero-order chi connectivity index (χ0) is 24.4. The monoisotopic (exact) mass is 486 g/mol. The first-order valence-electron chi connectivity index (χ1n) is 9.85. The minimum Gasteiger partial charge on any atom is -0.457 e. The lowest BCUT2D eigenvalue weighted by Crippen LogP contribution is -2.04. The fraction of sp³-hybridized carbons (Fsp3) is 0.250. The Morgan fingerprint density at radius 1 is 0.818 bits per heavy atom. The number of cyclic esters (lactones) is 2. The molecule has 0 saturated heterocycles. The highest BCUT2D eigenvalue weighted by Gasteiger charge is 2.37. The number of aryl methyl sites for hydroxylation is 2. The minimum absolute atomic E-state index is 0.0263. The van der Waals surface area contributed by atoms with Gasteiger partial charge in [-0.3, -0.25) is 0 Å². The van der Waals surface area contributed by atoms with Crippen molar-refractivity contribution >= 4 is 57.7 Å². The van der Waals surface area contributed by atoms with Gasteiger partial charge in [0.05, 0.1) is 11.1 Å². The van der Waals surface area contributed by atoms with Crippen LogP contribution in [0.5, 0.6) is 0 Å². The van der Waals surface area contributed by atoms with Crippen LogP contribution in [0, 0.1) is 13.8 Å². The van der Waals surface area contributed by atoms with Crippen molar-refractivity contribution in [3.63, 3.8) is 0 Å². The van der Waals surface area contributed by atoms with Crippen molar-refractivity contribution in [1.82, 2.24) is 0 Å². The van der Waals surface area contributed by atoms with Crippen molar-refractivity contribution in [3.8, 4) is 0 Å². The summed E-state index contributed by atoms with van der Waals surface area (Å²) >= 11 is 2.71. The van der Waals surface area contributed by atoms with Crippen LogP contribution < -0.4 is 0 Å². The summed E-state index contributed by atoms with van der Waals surface area (Å²) < 4.78 is 15.3. The van der Waals surface area contributed by atoms with Crippen molar-refractivity contribution in [1.29, 1.82) is 0 Å². The largest absolute Gasteiger partial charge is 0.457 e. The highest BCUT2D eigenvalue weighted by Crippen LogP contribution is 2.41. The van der Waals surface area contributed by atoms with Gasteiger partial charge in [0.15, 0.2) is 0 Å². The summed E-state index contributed by atoms with van der Waals surface area (Å²) in [7, 11) is 0. The molecule has 0 radical (unpaired) electrons. The van der Waals surface area contributed by atoms with Crippen molar-refractivity contribution in [3.05, 3.63) is 67.1 Å². The Labute approximate surface area is 199 Å². The van der Waals surface area contributed by atoms with Gasteiger partial charge in [0.2, 0.25) is 0 Å². The van der Waals surface area contributed by atoms with E-state index in [1.165, 1.54) is 22.7 Å². The van der Waals surface area contributed by atoms with Gasteiger partial charge in [-0.1, -0.05) is 13.2 Å². The van der Waals surface area contributed by atoms with Gasteiger partial charge in [-0.05, 0) is 39.8 Å². The zero-order valence-corrected chi connectivity index (χ0v) is 20.3. The van der Waals surface area contributed by atoms with Crippen LogP contribution in [0.15, 0.2) is 36.4 Å². The minimum atomic E-state index is -0.734. The van der Waals surface area contributed by atoms with E-state index in [0.29, 0.717) is 20.9 Å². The van der Waals surface area contributed by atoms with E-state index in [4.69, 9.17) is 14.2 Å². The van der Waals surface area contributed by atoms with Gasteiger partial charge >= 0.3 is 23.9 Å². The molecular weight excluding hydrogens is 464 g/mol. The van der Waals surface area contributed by atoms with E-state index in [1.54, 1.807) is 26.0 Å². The maximum Gasteiger partial charge on any atom is 0.347 e. The Morgan fingerprint density at radius 2 is 1.18 bits per heavy atom. The fourth-order valence-electron chi connectivity index (χ4n) is 3.13. The molecule has 0 fully saturated rings. The van der Waals surface area contributed by atoms with Crippen LogP contribution in [0.3, 0.4) is 0 Å². The van der Waals surface area contributed by atoms with Gasteiger partial charge < -0.3 is 14.2 Å². The smallest absolute Gasteiger partial charge is 0.347 e. The second-order valence-corrected chi connectivity index (χ2v) is 10.2. The molecule has 0 N–H and O–H groups in total. The zero-order valence-electron chi connectivity index (χ0n) is 18.7. The molecule has 0 spiro atoms. The van der Waals surface area contributed by atoms with Crippen molar-refractivity contribution in [2.45, 2.75) is 40.9 Å². The van der Waals surface area contributed by atoms with E-state index >= 15 is 0 Å². The molecule has 1 aliphatic rings. The number of carbonyl (C=O) groups excluding carboxylic acids is 4. The molecule has 0 aromatic carbocycles. The molecule has 2 aromatic rings. The third-order valence-electron chi connectivity index (χ3n) is 4.71. The van der Waals surface area contributed by atoms with E-state index in [-0.39, 0.29) is 35.5 Å². The van der Waals surface area contributed by atoms with Gasteiger partial charge in [0, 0.05) is 41.8 Å². The molecule has 0 aliphatic carbocycles. The molecule has 0 saturated carbocycles. The molecule has 2 aromatic heterocycles. The molecule has 7 nitrogen and oxygen atoms in total. The fourth-order valence-corrected chi connectivity index (χ4v) is 5.04. The third kappa shape index (κ3) is 5.20. The predicted octanol–water partition coefficient (Wildman–Crippen LogP) is 4.66. The first-order valence-corrected chi connectivity index (χ1v) is 11.5. The number of carbonyl (C=O) groups is 4. The summed E-state index contributed by atoms with van der Waals surface area (Å²) in [5.41, 5.74) is 2.00. The van der Waals surface area contributed by atoms with Gasteiger partial charge in [0.25, 0.3) is 0 Å². The van der Waals surface area contributed by atoms with Gasteiger partial charge in [-0.15, -0.1) is 22.7 Å². The van der Waals surface area contributed by atoms with Gasteiger partial charge in [-0.2, -0.15) is 0 Å². The number of thiophene rings is 2. The van der Waals surface area contributed by atoms with Crippen molar-refractivity contribution in [2.75, 3.05) is 0 Å². The standard InChI is InChI=1S/C24H22O7S2/c1-11(2)21(25)29-9-15-7-17(13(5)32-15)19-20(24(28)31-23(19)27)18-8-16(33-14(18)6)10-30-22(26)12(3)4/h7-8H,1,3,9-10H2,2,4-6H3. The molecule has 3 heterocycles. The maximum atomic E-state index is 12.6. The van der Waals surface area contributed by atoms with Crippen LogP contribution in [-0.4, -0.2) is 23.9 Å². The molecule has 172 valence electrons. The molecule has 0 bridgehead atoms. The summed E-state index contributed by atoms with van der Waals surface area (Å²) in [6.45, 7) is 13.9. The topological polar surface area (TPSA) is 96.0 Å². The lowest BCUT2D eigenvalue weighted by Gasteiger charge is -2.02. The Morgan fingerprint density at radius 3 is 1.52 bits per heavy atom. The van der Waals surface area contributed by atoms with E-state index in [1.807, 2.05) is 13.8 Å². The van der Waals surface area contributed by atoms with Crippen LogP contribution in [0.2, 0.25) is 0 Å². The quantitative estimate of drug-likeness (QED) is 0.232. The maximum absolute atomic E-state index is 12.6. The first kappa shape index (κ1) is 24.3. The van der Waals surface area contributed by atoms with Crippen molar-refractivity contribution < 1.29 is 33.4 Å². The summed E-state index contributed by atoms with van der Waals surface area (Å²) in [5.74, 6) is -2.48. The molecule has 33 heavy (non-hydrogen) atoms. The average Bonchev–Trinajstić information content (AvgIpc) is 3.37. The van der Waals surface area contributed by atoms with Crippen LogP contribution in [0.25, 0.3) is 11.1 Å².